The van der Waals surface area contributed by atoms with Crippen molar-refractivity contribution in [2.45, 2.75) is 19.0 Å². The summed E-state index contributed by atoms with van der Waals surface area (Å²) < 4.78 is 44.2. The zero-order valence-electron chi connectivity index (χ0n) is 15.8. The Morgan fingerprint density at radius 2 is 1.77 bits per heavy atom. The van der Waals surface area contributed by atoms with Crippen LogP contribution in [0.4, 0.5) is 24.5 Å². The molecule has 0 aromatic heterocycles. The summed E-state index contributed by atoms with van der Waals surface area (Å²) in [4.78, 5) is 26.2. The first-order valence-electron chi connectivity index (χ1n) is 9.21. The second-order valence-corrected chi connectivity index (χ2v) is 6.74. The number of amides is 1. The van der Waals surface area contributed by atoms with Gasteiger partial charge in [0.05, 0.1) is 34.1 Å². The van der Waals surface area contributed by atoms with Crippen LogP contribution in [0.25, 0.3) is 0 Å². The normalized spacial score (nSPS) is 13.6. The monoisotopic (exact) mass is 417 g/mol. The van der Waals surface area contributed by atoms with Crippen LogP contribution in [0.1, 0.15) is 34.3 Å². The molecule has 1 amide bonds. The number of esters is 1. The van der Waals surface area contributed by atoms with Crippen molar-refractivity contribution in [2.75, 3.05) is 29.9 Å². The number of ether oxygens (including phenoxy) is 1. The molecule has 0 aliphatic carbocycles. The van der Waals surface area contributed by atoms with Gasteiger partial charge in [0.1, 0.15) is 0 Å². The first kappa shape index (κ1) is 21.2. The molecule has 30 heavy (non-hydrogen) atoms. The van der Waals surface area contributed by atoms with Gasteiger partial charge < -0.3 is 15.0 Å². The largest absolute Gasteiger partial charge is 0.452 e. The van der Waals surface area contributed by atoms with Gasteiger partial charge in [-0.05, 0) is 55.3 Å². The topological polar surface area (TPSA) is 82.4 Å². The van der Waals surface area contributed by atoms with Gasteiger partial charge in [0.15, 0.2) is 6.61 Å². The van der Waals surface area contributed by atoms with Crippen molar-refractivity contribution in [3.63, 3.8) is 0 Å². The Kier molecular flexibility index (Phi) is 6.26. The number of nitrogens with zero attached hydrogens (tertiary/aromatic N) is 2. The molecule has 0 unspecified atom stereocenters. The molecule has 2 aromatic rings. The molecule has 0 bridgehead atoms. The van der Waals surface area contributed by atoms with Crippen molar-refractivity contribution < 1.29 is 27.5 Å². The lowest BCUT2D eigenvalue weighted by Gasteiger charge is -2.23. The van der Waals surface area contributed by atoms with E-state index in [9.17, 15) is 22.8 Å². The fourth-order valence-corrected chi connectivity index (χ4v) is 3.13. The molecule has 0 spiro atoms. The summed E-state index contributed by atoms with van der Waals surface area (Å²) in [5.74, 6) is -1.53. The van der Waals surface area contributed by atoms with Crippen LogP contribution >= 0.6 is 0 Å². The minimum absolute atomic E-state index is 0.0196. The van der Waals surface area contributed by atoms with E-state index in [-0.39, 0.29) is 11.3 Å². The number of rotatable bonds is 5. The Labute approximate surface area is 170 Å². The Morgan fingerprint density at radius 3 is 2.37 bits per heavy atom. The maximum atomic E-state index is 13.1. The number of anilines is 2. The first-order valence-corrected chi connectivity index (χ1v) is 9.21. The number of hydrogen-bond acceptors (Lipinski definition) is 5. The van der Waals surface area contributed by atoms with E-state index in [0.717, 1.165) is 25.0 Å². The summed E-state index contributed by atoms with van der Waals surface area (Å²) in [7, 11) is 0. The number of halogens is 3. The smallest absolute Gasteiger partial charge is 0.416 e. The van der Waals surface area contributed by atoms with E-state index in [4.69, 9.17) is 10.00 Å². The predicted molar refractivity (Wildman–Crippen MR) is 103 cm³/mol. The number of carbonyl (C=O) groups excluding carboxylic acids is 2. The van der Waals surface area contributed by atoms with Crippen LogP contribution in [0.2, 0.25) is 0 Å². The Balaban J connectivity index is 1.69. The van der Waals surface area contributed by atoms with E-state index in [1.54, 1.807) is 0 Å². The lowest BCUT2D eigenvalue weighted by molar-refractivity contribution is -0.137. The molecule has 6 nitrogen and oxygen atoms in total. The third kappa shape index (κ3) is 5.08. The molecule has 0 saturated carbocycles. The molecule has 1 aliphatic heterocycles. The maximum Gasteiger partial charge on any atom is 0.416 e. The average molecular weight is 417 g/mol. The summed E-state index contributed by atoms with van der Waals surface area (Å²) in [6.07, 6.45) is -2.72. The highest BCUT2D eigenvalue weighted by Crippen LogP contribution is 2.36. The van der Waals surface area contributed by atoms with Crippen molar-refractivity contribution in [3.8, 4) is 6.07 Å². The summed E-state index contributed by atoms with van der Waals surface area (Å²) >= 11 is 0. The van der Waals surface area contributed by atoms with E-state index < -0.39 is 30.2 Å². The van der Waals surface area contributed by atoms with E-state index in [1.807, 2.05) is 11.0 Å². The lowest BCUT2D eigenvalue weighted by atomic mass is 10.1. The molecule has 2 aromatic carbocycles. The second kappa shape index (κ2) is 8.86. The molecule has 9 heteroatoms. The highest BCUT2D eigenvalue weighted by molar-refractivity contribution is 5.97. The van der Waals surface area contributed by atoms with E-state index in [1.165, 1.54) is 30.3 Å². The minimum Gasteiger partial charge on any atom is -0.452 e. The van der Waals surface area contributed by atoms with Gasteiger partial charge >= 0.3 is 12.1 Å². The highest BCUT2D eigenvalue weighted by atomic mass is 19.4. The van der Waals surface area contributed by atoms with Gasteiger partial charge in [0.25, 0.3) is 5.91 Å². The number of nitrogens with one attached hydrogen (secondary N) is 1. The summed E-state index contributed by atoms with van der Waals surface area (Å²) in [6.45, 7) is 0.707. The number of carbonyl (C=O) groups is 2. The standard InChI is InChI=1S/C21H18F3N3O3/c22-21(23,24)16-7-8-18(27-9-1-2-10-27)17(11-16)26-19(28)13-30-20(29)15-5-3-14(12-25)4-6-15/h3-8,11H,1-2,9-10,13H2,(H,26,28). The zero-order chi connectivity index (χ0) is 21.7. The van der Waals surface area contributed by atoms with Crippen LogP contribution in [-0.2, 0) is 15.7 Å². The van der Waals surface area contributed by atoms with E-state index >= 15 is 0 Å². The third-order valence-corrected chi connectivity index (χ3v) is 4.63. The molecular formula is C21H18F3N3O3. The van der Waals surface area contributed by atoms with Crippen molar-refractivity contribution in [3.05, 3.63) is 59.2 Å². The second-order valence-electron chi connectivity index (χ2n) is 6.74. The number of nitriles is 1. The summed E-state index contributed by atoms with van der Waals surface area (Å²) in [6, 6.07) is 10.8. The molecular weight excluding hydrogens is 399 g/mol. The van der Waals surface area contributed by atoms with Crippen molar-refractivity contribution in [1.82, 2.24) is 0 Å². The molecule has 156 valence electrons. The Morgan fingerprint density at radius 1 is 1.10 bits per heavy atom. The van der Waals surface area contributed by atoms with Crippen LogP contribution in [0.3, 0.4) is 0 Å². The van der Waals surface area contributed by atoms with Crippen molar-refractivity contribution >= 4 is 23.3 Å². The molecule has 1 aliphatic rings. The number of hydrogen-bond donors (Lipinski definition) is 1. The molecule has 1 N–H and O–H groups in total. The average Bonchev–Trinajstić information content (AvgIpc) is 3.26. The van der Waals surface area contributed by atoms with Crippen LogP contribution < -0.4 is 10.2 Å². The van der Waals surface area contributed by atoms with E-state index in [2.05, 4.69) is 5.32 Å². The number of alkyl halides is 3. The van der Waals surface area contributed by atoms with Crippen LogP contribution in [0, 0.1) is 11.3 Å². The fourth-order valence-electron chi connectivity index (χ4n) is 3.13. The first-order chi connectivity index (χ1) is 14.3. The Bertz CT molecular complexity index is 976. The molecule has 0 radical (unpaired) electrons. The zero-order valence-corrected chi connectivity index (χ0v) is 15.8. The third-order valence-electron chi connectivity index (χ3n) is 4.63. The summed E-state index contributed by atoms with van der Waals surface area (Å²) in [5.41, 5.74) is 0.149. The van der Waals surface area contributed by atoms with Gasteiger partial charge in [-0.1, -0.05) is 0 Å². The molecule has 0 atom stereocenters. The quantitative estimate of drug-likeness (QED) is 0.745. The van der Waals surface area contributed by atoms with Crippen LogP contribution in [0.15, 0.2) is 42.5 Å². The van der Waals surface area contributed by atoms with E-state index in [0.29, 0.717) is 24.3 Å². The predicted octanol–water partition coefficient (Wildman–Crippen LogP) is 3.97. The SMILES string of the molecule is N#Cc1ccc(C(=O)OCC(=O)Nc2cc(C(F)(F)F)ccc2N2CCCC2)cc1. The molecule has 1 fully saturated rings. The van der Waals surface area contributed by atoms with Gasteiger partial charge in [0, 0.05) is 13.1 Å². The van der Waals surface area contributed by atoms with Gasteiger partial charge in [-0.25, -0.2) is 4.79 Å². The minimum atomic E-state index is -4.55. The van der Waals surface area contributed by atoms with Gasteiger partial charge in [-0.15, -0.1) is 0 Å². The lowest BCUT2D eigenvalue weighted by Crippen LogP contribution is -2.24. The van der Waals surface area contributed by atoms with Crippen molar-refractivity contribution in [1.29, 1.82) is 5.26 Å². The van der Waals surface area contributed by atoms with Gasteiger partial charge in [0.2, 0.25) is 0 Å². The van der Waals surface area contributed by atoms with Crippen LogP contribution in [-0.4, -0.2) is 31.6 Å². The molecule has 1 saturated heterocycles. The fraction of sp³-hybridized carbons (Fsp3) is 0.286. The number of benzene rings is 2. The maximum absolute atomic E-state index is 13.1. The molecule has 1 heterocycles. The molecule has 3 rings (SSSR count). The van der Waals surface area contributed by atoms with Crippen molar-refractivity contribution in [2.24, 2.45) is 0 Å². The van der Waals surface area contributed by atoms with Gasteiger partial charge in [-0.2, -0.15) is 18.4 Å². The van der Waals surface area contributed by atoms with Crippen LogP contribution in [0.5, 0.6) is 0 Å². The highest BCUT2D eigenvalue weighted by Gasteiger charge is 2.32. The summed E-state index contributed by atoms with van der Waals surface area (Å²) in [5, 5.41) is 11.2. The Hall–Kier alpha value is -3.54. The van der Waals surface area contributed by atoms with Gasteiger partial charge in [-0.3, -0.25) is 4.79 Å².